The van der Waals surface area contributed by atoms with E-state index in [9.17, 15) is 0 Å². The molecular formula is C13H27NO4S. The van der Waals surface area contributed by atoms with Gasteiger partial charge in [-0.25, -0.2) is 0 Å². The first-order valence-electron chi connectivity index (χ1n) is 6.82. The normalized spacial score (nSPS) is 12.5. The van der Waals surface area contributed by atoms with Gasteiger partial charge in [0, 0.05) is 6.61 Å². The smallest absolute Gasteiger partial charge is 0.105 e. The minimum absolute atomic E-state index is 0.199. The average Bonchev–Trinajstić information content (AvgIpc) is 2.39. The Bertz CT molecular complexity index is 217. The number of hydrogen-bond donors (Lipinski definition) is 1. The van der Waals surface area contributed by atoms with Crippen LogP contribution in [0.1, 0.15) is 26.7 Å². The van der Waals surface area contributed by atoms with Crippen molar-refractivity contribution in [2.75, 3.05) is 46.2 Å². The molecule has 1 atom stereocenters. The Morgan fingerprint density at radius 2 is 1.42 bits per heavy atom. The van der Waals surface area contributed by atoms with E-state index in [1.807, 2.05) is 6.92 Å². The van der Waals surface area contributed by atoms with E-state index in [1.54, 1.807) is 0 Å². The molecule has 0 saturated heterocycles. The van der Waals surface area contributed by atoms with Crippen molar-refractivity contribution in [2.24, 2.45) is 5.73 Å². The van der Waals surface area contributed by atoms with E-state index in [0.29, 0.717) is 44.6 Å². The van der Waals surface area contributed by atoms with Crippen LogP contribution in [0, 0.1) is 0 Å². The zero-order valence-corrected chi connectivity index (χ0v) is 12.9. The van der Waals surface area contributed by atoms with Gasteiger partial charge in [-0.2, -0.15) is 0 Å². The van der Waals surface area contributed by atoms with E-state index in [4.69, 9.17) is 36.9 Å². The molecule has 0 heterocycles. The third kappa shape index (κ3) is 14.0. The molecule has 0 aromatic heterocycles. The van der Waals surface area contributed by atoms with Gasteiger partial charge in [0.25, 0.3) is 0 Å². The predicted molar refractivity (Wildman–Crippen MR) is 79.6 cm³/mol. The van der Waals surface area contributed by atoms with Crippen molar-refractivity contribution in [1.29, 1.82) is 0 Å². The molecule has 114 valence electrons. The topological polar surface area (TPSA) is 62.9 Å². The van der Waals surface area contributed by atoms with Crippen molar-refractivity contribution in [2.45, 2.75) is 32.8 Å². The second-order valence-corrected chi connectivity index (χ2v) is 4.58. The van der Waals surface area contributed by atoms with E-state index in [1.165, 1.54) is 0 Å². The Kier molecular flexibility index (Phi) is 13.9. The number of ether oxygens (including phenoxy) is 4. The standard InChI is InChI=1S/C13H27NO4S/c1-3-4-5-15-6-7-16-8-9-17-10-11-18-12(2)13(14)19/h12H,3-11H2,1-2H3,(H2,14,19). The monoisotopic (exact) mass is 293 g/mol. The minimum atomic E-state index is -0.199. The summed E-state index contributed by atoms with van der Waals surface area (Å²) in [5.41, 5.74) is 5.41. The Morgan fingerprint density at radius 1 is 0.947 bits per heavy atom. The average molecular weight is 293 g/mol. The zero-order chi connectivity index (χ0) is 14.3. The molecule has 0 fully saturated rings. The predicted octanol–water partition coefficient (Wildman–Crippen LogP) is 1.53. The summed E-state index contributed by atoms with van der Waals surface area (Å²) in [6, 6.07) is 0. The fourth-order valence-electron chi connectivity index (χ4n) is 1.15. The summed E-state index contributed by atoms with van der Waals surface area (Å²) >= 11 is 4.78. The van der Waals surface area contributed by atoms with Crippen LogP contribution in [0.2, 0.25) is 0 Å². The fourth-order valence-corrected chi connectivity index (χ4v) is 1.22. The summed E-state index contributed by atoms with van der Waals surface area (Å²) in [4.78, 5) is 0.367. The van der Waals surface area contributed by atoms with Crippen LogP contribution in [0.15, 0.2) is 0 Å². The maximum atomic E-state index is 5.41. The van der Waals surface area contributed by atoms with Crippen molar-refractivity contribution in [3.05, 3.63) is 0 Å². The molecule has 0 saturated carbocycles. The van der Waals surface area contributed by atoms with E-state index in [0.717, 1.165) is 19.4 Å². The number of unbranched alkanes of at least 4 members (excludes halogenated alkanes) is 1. The summed E-state index contributed by atoms with van der Waals surface area (Å²) in [5.74, 6) is 0. The van der Waals surface area contributed by atoms with Gasteiger partial charge in [0.2, 0.25) is 0 Å². The molecule has 5 nitrogen and oxygen atoms in total. The van der Waals surface area contributed by atoms with E-state index >= 15 is 0 Å². The Balaban J connectivity index is 3.05. The van der Waals surface area contributed by atoms with Gasteiger partial charge in [-0.15, -0.1) is 0 Å². The number of rotatable bonds is 14. The van der Waals surface area contributed by atoms with Gasteiger partial charge in [0.15, 0.2) is 0 Å². The van der Waals surface area contributed by atoms with Crippen LogP contribution in [-0.2, 0) is 18.9 Å². The van der Waals surface area contributed by atoms with Crippen LogP contribution >= 0.6 is 12.2 Å². The highest BCUT2D eigenvalue weighted by Crippen LogP contribution is 1.91. The molecule has 0 amide bonds. The van der Waals surface area contributed by atoms with Gasteiger partial charge >= 0.3 is 0 Å². The number of hydrogen-bond acceptors (Lipinski definition) is 5. The summed E-state index contributed by atoms with van der Waals surface area (Å²) in [6.45, 7) is 8.17. The van der Waals surface area contributed by atoms with Gasteiger partial charge in [-0.05, 0) is 13.3 Å². The summed E-state index contributed by atoms with van der Waals surface area (Å²) in [5, 5.41) is 0. The van der Waals surface area contributed by atoms with E-state index in [2.05, 4.69) is 6.92 Å². The molecule has 0 aromatic rings. The molecule has 0 aliphatic carbocycles. The Hall–Kier alpha value is -0.270. The molecule has 0 spiro atoms. The molecular weight excluding hydrogens is 266 g/mol. The van der Waals surface area contributed by atoms with Crippen LogP contribution in [0.3, 0.4) is 0 Å². The van der Waals surface area contributed by atoms with Crippen LogP contribution in [0.25, 0.3) is 0 Å². The molecule has 0 radical (unpaired) electrons. The third-order valence-electron chi connectivity index (χ3n) is 2.38. The lowest BCUT2D eigenvalue weighted by molar-refractivity contribution is -0.00565. The molecule has 0 rings (SSSR count). The molecule has 6 heteroatoms. The molecule has 0 bridgehead atoms. The van der Waals surface area contributed by atoms with Gasteiger partial charge in [-0.3, -0.25) is 0 Å². The molecule has 19 heavy (non-hydrogen) atoms. The van der Waals surface area contributed by atoms with Crippen LogP contribution < -0.4 is 5.73 Å². The molecule has 2 N–H and O–H groups in total. The molecule has 0 aliphatic heterocycles. The van der Waals surface area contributed by atoms with Gasteiger partial charge in [0.1, 0.15) is 11.1 Å². The minimum Gasteiger partial charge on any atom is -0.391 e. The lowest BCUT2D eigenvalue weighted by Crippen LogP contribution is -2.27. The van der Waals surface area contributed by atoms with Gasteiger partial charge in [-0.1, -0.05) is 25.6 Å². The SMILES string of the molecule is CCCCOCCOCCOCCOC(C)C(N)=S. The van der Waals surface area contributed by atoms with Crippen molar-refractivity contribution in [3.8, 4) is 0 Å². The molecule has 0 aromatic carbocycles. The summed E-state index contributed by atoms with van der Waals surface area (Å²) in [6.07, 6.45) is 2.06. The first kappa shape index (κ1) is 18.7. The van der Waals surface area contributed by atoms with Gasteiger partial charge in [0.05, 0.1) is 39.6 Å². The van der Waals surface area contributed by atoms with Crippen molar-refractivity contribution < 1.29 is 18.9 Å². The zero-order valence-electron chi connectivity index (χ0n) is 12.1. The fraction of sp³-hybridized carbons (Fsp3) is 0.923. The maximum Gasteiger partial charge on any atom is 0.105 e. The van der Waals surface area contributed by atoms with E-state index < -0.39 is 0 Å². The highest BCUT2D eigenvalue weighted by Gasteiger charge is 2.03. The lowest BCUT2D eigenvalue weighted by atomic mass is 10.4. The number of nitrogens with two attached hydrogens (primary N) is 1. The second kappa shape index (κ2) is 14.1. The highest BCUT2D eigenvalue weighted by atomic mass is 32.1. The van der Waals surface area contributed by atoms with Crippen LogP contribution in [-0.4, -0.2) is 57.3 Å². The Morgan fingerprint density at radius 3 is 1.89 bits per heavy atom. The van der Waals surface area contributed by atoms with Crippen molar-refractivity contribution >= 4 is 17.2 Å². The second-order valence-electron chi connectivity index (χ2n) is 4.11. The van der Waals surface area contributed by atoms with Gasteiger partial charge < -0.3 is 24.7 Å². The highest BCUT2D eigenvalue weighted by molar-refractivity contribution is 7.80. The number of thiocarbonyl (C=S) groups is 1. The largest absolute Gasteiger partial charge is 0.391 e. The summed E-state index contributed by atoms with van der Waals surface area (Å²) in [7, 11) is 0. The maximum absolute atomic E-state index is 5.41. The first-order valence-corrected chi connectivity index (χ1v) is 7.23. The lowest BCUT2D eigenvalue weighted by Gasteiger charge is -2.11. The molecule has 1 unspecified atom stereocenters. The summed E-state index contributed by atoms with van der Waals surface area (Å²) < 4.78 is 21.4. The molecule has 0 aliphatic rings. The quantitative estimate of drug-likeness (QED) is 0.387. The Labute approximate surface area is 121 Å². The van der Waals surface area contributed by atoms with Crippen molar-refractivity contribution in [1.82, 2.24) is 0 Å². The van der Waals surface area contributed by atoms with Crippen LogP contribution in [0.4, 0.5) is 0 Å². The van der Waals surface area contributed by atoms with Crippen LogP contribution in [0.5, 0.6) is 0 Å². The first-order chi connectivity index (χ1) is 9.18. The van der Waals surface area contributed by atoms with E-state index in [-0.39, 0.29) is 6.10 Å². The third-order valence-corrected chi connectivity index (χ3v) is 2.71. The van der Waals surface area contributed by atoms with Crippen molar-refractivity contribution in [3.63, 3.8) is 0 Å².